The zero-order valence-electron chi connectivity index (χ0n) is 15.1. The maximum atomic E-state index is 13.3. The SMILES string of the molecule is O=C(c1ccc(F)cc1Cl)N1CCCC(c2nnc(Cc3ccccc3)s2)C1. The van der Waals surface area contributed by atoms with Gasteiger partial charge >= 0.3 is 0 Å². The summed E-state index contributed by atoms with van der Waals surface area (Å²) < 4.78 is 13.3. The molecule has 0 saturated carbocycles. The van der Waals surface area contributed by atoms with Crippen LogP contribution in [0.2, 0.25) is 5.02 Å². The first-order valence-electron chi connectivity index (χ1n) is 9.20. The van der Waals surface area contributed by atoms with E-state index in [2.05, 4.69) is 22.3 Å². The maximum Gasteiger partial charge on any atom is 0.255 e. The van der Waals surface area contributed by atoms with E-state index in [1.807, 2.05) is 18.2 Å². The van der Waals surface area contributed by atoms with E-state index in [1.54, 1.807) is 16.2 Å². The minimum absolute atomic E-state index is 0.146. The molecule has 2 heterocycles. The van der Waals surface area contributed by atoms with Crippen molar-refractivity contribution in [1.29, 1.82) is 0 Å². The number of aromatic nitrogens is 2. The molecule has 0 bridgehead atoms. The number of rotatable bonds is 4. The molecular weight excluding hydrogens is 397 g/mol. The van der Waals surface area contributed by atoms with Gasteiger partial charge in [-0.15, -0.1) is 21.5 Å². The molecule has 0 N–H and O–H groups in total. The van der Waals surface area contributed by atoms with Gasteiger partial charge in [0.2, 0.25) is 0 Å². The summed E-state index contributed by atoms with van der Waals surface area (Å²) in [4.78, 5) is 14.6. The second-order valence-corrected chi connectivity index (χ2v) is 8.41. The summed E-state index contributed by atoms with van der Waals surface area (Å²) in [6.45, 7) is 1.24. The number of carbonyl (C=O) groups is 1. The zero-order valence-corrected chi connectivity index (χ0v) is 16.7. The lowest BCUT2D eigenvalue weighted by molar-refractivity contribution is 0.0707. The lowest BCUT2D eigenvalue weighted by Gasteiger charge is -2.31. The molecule has 1 aromatic heterocycles. The van der Waals surface area contributed by atoms with E-state index in [0.717, 1.165) is 29.3 Å². The van der Waals surface area contributed by atoms with Crippen LogP contribution in [-0.4, -0.2) is 34.1 Å². The number of piperidine rings is 1. The highest BCUT2D eigenvalue weighted by molar-refractivity contribution is 7.11. The summed E-state index contributed by atoms with van der Waals surface area (Å²) in [5.74, 6) is -0.444. The molecule has 28 heavy (non-hydrogen) atoms. The lowest BCUT2D eigenvalue weighted by Crippen LogP contribution is -2.39. The predicted octanol–water partition coefficient (Wildman–Crippen LogP) is 4.94. The fourth-order valence-electron chi connectivity index (χ4n) is 3.47. The van der Waals surface area contributed by atoms with Gasteiger partial charge in [-0.05, 0) is 36.6 Å². The third-order valence-corrected chi connectivity index (χ3v) is 6.30. The molecule has 2 aromatic carbocycles. The second-order valence-electron chi connectivity index (χ2n) is 6.91. The summed E-state index contributed by atoms with van der Waals surface area (Å²) >= 11 is 7.68. The fraction of sp³-hybridized carbons (Fsp3) is 0.286. The van der Waals surface area contributed by atoms with Gasteiger partial charge in [-0.3, -0.25) is 4.79 Å². The first-order valence-corrected chi connectivity index (χ1v) is 10.4. The summed E-state index contributed by atoms with van der Waals surface area (Å²) in [5, 5.41) is 10.8. The van der Waals surface area contributed by atoms with Gasteiger partial charge < -0.3 is 4.90 Å². The number of hydrogen-bond donors (Lipinski definition) is 0. The Bertz CT molecular complexity index is 979. The van der Waals surface area contributed by atoms with E-state index in [0.29, 0.717) is 18.7 Å². The highest BCUT2D eigenvalue weighted by atomic mass is 35.5. The van der Waals surface area contributed by atoms with Gasteiger partial charge in [0.25, 0.3) is 5.91 Å². The van der Waals surface area contributed by atoms with Gasteiger partial charge in [0.15, 0.2) is 0 Å². The molecule has 1 atom stereocenters. The molecule has 4 rings (SSSR count). The van der Waals surface area contributed by atoms with Crippen molar-refractivity contribution in [3.8, 4) is 0 Å². The van der Waals surface area contributed by atoms with Crippen LogP contribution in [0.3, 0.4) is 0 Å². The molecular formula is C21H19ClFN3OS. The van der Waals surface area contributed by atoms with Crippen LogP contribution in [0.25, 0.3) is 0 Å². The number of halogens is 2. The molecule has 0 spiro atoms. The van der Waals surface area contributed by atoms with Gasteiger partial charge in [-0.1, -0.05) is 41.9 Å². The Labute approximate surface area is 172 Å². The van der Waals surface area contributed by atoms with Gasteiger partial charge in [0, 0.05) is 25.4 Å². The van der Waals surface area contributed by atoms with E-state index in [9.17, 15) is 9.18 Å². The Morgan fingerprint density at radius 2 is 2.04 bits per heavy atom. The largest absolute Gasteiger partial charge is 0.338 e. The molecule has 1 aliphatic heterocycles. The third kappa shape index (κ3) is 4.23. The van der Waals surface area contributed by atoms with Gasteiger partial charge in [0.1, 0.15) is 15.8 Å². The van der Waals surface area contributed by atoms with Crippen LogP contribution in [0.1, 0.15) is 44.7 Å². The van der Waals surface area contributed by atoms with Crippen molar-refractivity contribution in [1.82, 2.24) is 15.1 Å². The van der Waals surface area contributed by atoms with Gasteiger partial charge in [-0.25, -0.2) is 4.39 Å². The summed E-state index contributed by atoms with van der Waals surface area (Å²) in [7, 11) is 0. The van der Waals surface area contributed by atoms with Crippen LogP contribution in [0.4, 0.5) is 4.39 Å². The Kier molecular flexibility index (Phi) is 5.69. The molecule has 7 heteroatoms. The van der Waals surface area contributed by atoms with Crippen LogP contribution < -0.4 is 0 Å². The average molecular weight is 416 g/mol. The minimum Gasteiger partial charge on any atom is -0.338 e. The zero-order chi connectivity index (χ0) is 19.5. The molecule has 1 aliphatic rings. The van der Waals surface area contributed by atoms with Crippen molar-refractivity contribution in [3.05, 3.63) is 80.5 Å². The maximum absolute atomic E-state index is 13.3. The van der Waals surface area contributed by atoms with E-state index < -0.39 is 5.82 Å². The van der Waals surface area contributed by atoms with Crippen LogP contribution in [0, 0.1) is 5.82 Å². The third-order valence-electron chi connectivity index (χ3n) is 4.90. The van der Waals surface area contributed by atoms with Crippen molar-refractivity contribution < 1.29 is 9.18 Å². The first-order chi connectivity index (χ1) is 13.6. The molecule has 1 amide bonds. The smallest absolute Gasteiger partial charge is 0.255 e. The van der Waals surface area contributed by atoms with E-state index in [4.69, 9.17) is 11.6 Å². The van der Waals surface area contributed by atoms with Gasteiger partial charge in [0.05, 0.1) is 10.6 Å². The number of hydrogen-bond acceptors (Lipinski definition) is 4. The first kappa shape index (κ1) is 19.0. The topological polar surface area (TPSA) is 46.1 Å². The van der Waals surface area contributed by atoms with Crippen LogP contribution in [0.15, 0.2) is 48.5 Å². The number of benzene rings is 2. The standard InChI is InChI=1S/C21H19ClFN3OS/c22-18-12-16(23)8-9-17(18)21(27)26-10-4-7-15(13-26)20-25-24-19(28-20)11-14-5-2-1-3-6-14/h1-3,5-6,8-9,12,15H,4,7,10-11,13H2. The summed E-state index contributed by atoms with van der Waals surface area (Å²) in [6, 6.07) is 14.1. The van der Waals surface area contributed by atoms with Crippen molar-refractivity contribution in [2.24, 2.45) is 0 Å². The number of nitrogens with zero attached hydrogens (tertiary/aromatic N) is 3. The Morgan fingerprint density at radius 1 is 1.21 bits per heavy atom. The van der Waals surface area contributed by atoms with Crippen molar-refractivity contribution in [2.45, 2.75) is 25.2 Å². The van der Waals surface area contributed by atoms with E-state index in [1.165, 1.54) is 23.8 Å². The monoisotopic (exact) mass is 415 g/mol. The molecule has 1 fully saturated rings. The van der Waals surface area contributed by atoms with Crippen molar-refractivity contribution in [2.75, 3.05) is 13.1 Å². The number of carbonyl (C=O) groups excluding carboxylic acids is 1. The molecule has 0 aliphatic carbocycles. The summed E-state index contributed by atoms with van der Waals surface area (Å²) in [5.41, 5.74) is 1.54. The molecule has 0 radical (unpaired) electrons. The Hall–Kier alpha value is -2.31. The molecule has 4 nitrogen and oxygen atoms in total. The lowest BCUT2D eigenvalue weighted by atomic mass is 9.98. The Morgan fingerprint density at radius 3 is 2.82 bits per heavy atom. The second kappa shape index (κ2) is 8.37. The van der Waals surface area contributed by atoms with E-state index in [-0.39, 0.29) is 16.8 Å². The fourth-order valence-corrected chi connectivity index (χ4v) is 4.72. The predicted molar refractivity (Wildman–Crippen MR) is 108 cm³/mol. The average Bonchev–Trinajstić information content (AvgIpc) is 3.17. The molecule has 3 aromatic rings. The molecule has 1 unspecified atom stereocenters. The van der Waals surface area contributed by atoms with Crippen LogP contribution >= 0.6 is 22.9 Å². The van der Waals surface area contributed by atoms with Crippen LogP contribution in [-0.2, 0) is 6.42 Å². The molecule has 144 valence electrons. The summed E-state index contributed by atoms with van der Waals surface area (Å²) in [6.07, 6.45) is 2.63. The van der Waals surface area contributed by atoms with Crippen molar-refractivity contribution in [3.63, 3.8) is 0 Å². The van der Waals surface area contributed by atoms with E-state index >= 15 is 0 Å². The highest BCUT2D eigenvalue weighted by Crippen LogP contribution is 2.31. The minimum atomic E-state index is -0.446. The quantitative estimate of drug-likeness (QED) is 0.606. The van der Waals surface area contributed by atoms with Crippen LogP contribution in [0.5, 0.6) is 0 Å². The normalized spacial score (nSPS) is 16.9. The highest BCUT2D eigenvalue weighted by Gasteiger charge is 2.28. The molecule has 1 saturated heterocycles. The van der Waals surface area contributed by atoms with Gasteiger partial charge in [-0.2, -0.15) is 0 Å². The Balaban J connectivity index is 1.46. The number of amides is 1. The van der Waals surface area contributed by atoms with Crippen molar-refractivity contribution >= 4 is 28.8 Å². The number of likely N-dealkylation sites (tertiary alicyclic amines) is 1.